The number of carbonyl (C=O) groups excluding carboxylic acids is 2. The molecule has 0 rings (SSSR count). The van der Waals surface area contributed by atoms with Crippen LogP contribution in [0.15, 0.2) is 0 Å². The van der Waals surface area contributed by atoms with Crippen molar-refractivity contribution in [2.24, 2.45) is 11.8 Å². The van der Waals surface area contributed by atoms with Crippen molar-refractivity contribution in [1.82, 2.24) is 4.90 Å². The number of aliphatic hydroxyl groups excluding tert-OH is 1. The number of esters is 2. The molecule has 0 saturated heterocycles. The quantitative estimate of drug-likeness (QED) is 0.0500. The van der Waals surface area contributed by atoms with E-state index in [-0.39, 0.29) is 30.4 Å². The van der Waals surface area contributed by atoms with E-state index in [1.807, 2.05) is 0 Å². The molecule has 0 aromatic carbocycles. The average Bonchev–Trinajstić information content (AvgIpc) is 3.13. The number of rotatable bonds is 41. The first-order valence-electron chi connectivity index (χ1n) is 22.7. The number of aliphatic hydroxyl groups is 1. The smallest absolute Gasteiger partial charge is 0.308 e. The second-order valence-electron chi connectivity index (χ2n) is 15.6. The predicted molar refractivity (Wildman–Crippen MR) is 218 cm³/mol. The molecule has 0 aliphatic rings. The molecule has 6 heteroatoms. The van der Waals surface area contributed by atoms with Gasteiger partial charge >= 0.3 is 11.9 Å². The van der Waals surface area contributed by atoms with Gasteiger partial charge in [0.25, 0.3) is 0 Å². The van der Waals surface area contributed by atoms with Crippen molar-refractivity contribution in [3.8, 4) is 0 Å². The van der Waals surface area contributed by atoms with Crippen LogP contribution in [0.5, 0.6) is 0 Å². The summed E-state index contributed by atoms with van der Waals surface area (Å²) in [6.07, 6.45) is 35.9. The Morgan fingerprint density at radius 3 is 1.06 bits per heavy atom. The van der Waals surface area contributed by atoms with Crippen LogP contribution in [0, 0.1) is 11.8 Å². The third-order valence-corrected chi connectivity index (χ3v) is 10.7. The second kappa shape index (κ2) is 40.1. The molecule has 6 nitrogen and oxygen atoms in total. The summed E-state index contributed by atoms with van der Waals surface area (Å²) in [5, 5.41) is 9.59. The fourth-order valence-corrected chi connectivity index (χ4v) is 7.20. The average molecular weight is 724 g/mol. The van der Waals surface area contributed by atoms with E-state index in [0.29, 0.717) is 13.2 Å². The lowest BCUT2D eigenvalue weighted by atomic mass is 9.94. The van der Waals surface area contributed by atoms with E-state index in [4.69, 9.17) is 9.47 Å². The number of ether oxygens (including phenoxy) is 2. The highest BCUT2D eigenvalue weighted by Crippen LogP contribution is 2.22. The Balaban J connectivity index is 4.19. The summed E-state index contributed by atoms with van der Waals surface area (Å²) in [6, 6.07) is 0. The summed E-state index contributed by atoms with van der Waals surface area (Å²) >= 11 is 0. The van der Waals surface area contributed by atoms with E-state index >= 15 is 0 Å². The summed E-state index contributed by atoms with van der Waals surface area (Å²) in [7, 11) is 0. The van der Waals surface area contributed by atoms with Crippen LogP contribution in [0.3, 0.4) is 0 Å². The second-order valence-corrected chi connectivity index (χ2v) is 15.6. The van der Waals surface area contributed by atoms with Gasteiger partial charge < -0.3 is 19.5 Å². The van der Waals surface area contributed by atoms with Gasteiger partial charge in [-0.05, 0) is 64.5 Å². The van der Waals surface area contributed by atoms with Gasteiger partial charge in [-0.2, -0.15) is 0 Å². The zero-order valence-electron chi connectivity index (χ0n) is 34.8. The van der Waals surface area contributed by atoms with E-state index in [9.17, 15) is 14.7 Å². The topological polar surface area (TPSA) is 76.1 Å². The van der Waals surface area contributed by atoms with Crippen molar-refractivity contribution >= 4 is 11.9 Å². The molecule has 2 unspecified atom stereocenters. The molecule has 0 saturated carbocycles. The first-order chi connectivity index (χ1) is 25.0. The molecule has 0 spiro atoms. The Labute approximate surface area is 318 Å². The van der Waals surface area contributed by atoms with Gasteiger partial charge in [-0.1, -0.05) is 175 Å². The fraction of sp³-hybridized carbons (Fsp3) is 0.956. The predicted octanol–water partition coefficient (Wildman–Crippen LogP) is 12.8. The zero-order valence-corrected chi connectivity index (χ0v) is 34.8. The Hall–Kier alpha value is -1.14. The lowest BCUT2D eigenvalue weighted by Gasteiger charge is -2.21. The first kappa shape index (κ1) is 49.9. The van der Waals surface area contributed by atoms with E-state index in [1.165, 1.54) is 96.3 Å². The maximum atomic E-state index is 12.9. The summed E-state index contributed by atoms with van der Waals surface area (Å²) in [6.45, 7) is 13.0. The third kappa shape index (κ3) is 33.2. The van der Waals surface area contributed by atoms with Gasteiger partial charge in [0.15, 0.2) is 0 Å². The Bertz CT molecular complexity index is 731. The molecule has 304 valence electrons. The lowest BCUT2D eigenvalue weighted by Crippen LogP contribution is -2.29. The molecule has 0 aliphatic heterocycles. The highest BCUT2D eigenvalue weighted by molar-refractivity contribution is 5.72. The fourth-order valence-electron chi connectivity index (χ4n) is 7.20. The SMILES string of the molecule is CCCCCCCCC(CCCCCC)C(=O)OCCCCCCN(CCO)CCCCCCOC(=O)C(CCCCCC)CCCCCCC. The van der Waals surface area contributed by atoms with Gasteiger partial charge in [-0.15, -0.1) is 0 Å². The van der Waals surface area contributed by atoms with Crippen LogP contribution < -0.4 is 0 Å². The Morgan fingerprint density at radius 2 is 0.706 bits per heavy atom. The van der Waals surface area contributed by atoms with E-state index in [1.54, 1.807) is 0 Å². The van der Waals surface area contributed by atoms with Gasteiger partial charge in [-0.3, -0.25) is 9.59 Å². The minimum absolute atomic E-state index is 0.0415. The molecular formula is C45H89NO5. The van der Waals surface area contributed by atoms with Crippen LogP contribution in [0.1, 0.15) is 227 Å². The molecule has 1 N–H and O–H groups in total. The molecule has 0 bridgehead atoms. The molecule has 0 fully saturated rings. The molecule has 0 aromatic heterocycles. The lowest BCUT2D eigenvalue weighted by molar-refractivity contribution is -0.150. The number of unbranched alkanes of at least 4 members (excludes halogenated alkanes) is 21. The molecular weight excluding hydrogens is 634 g/mol. The normalized spacial score (nSPS) is 12.7. The zero-order chi connectivity index (χ0) is 37.5. The van der Waals surface area contributed by atoms with E-state index < -0.39 is 0 Å². The van der Waals surface area contributed by atoms with E-state index in [0.717, 1.165) is 122 Å². The number of carbonyl (C=O) groups is 2. The highest BCUT2D eigenvalue weighted by atomic mass is 16.5. The minimum atomic E-state index is 0.0415. The van der Waals surface area contributed by atoms with Gasteiger partial charge in [0, 0.05) is 6.54 Å². The van der Waals surface area contributed by atoms with Crippen molar-refractivity contribution in [3.63, 3.8) is 0 Å². The standard InChI is InChI=1S/C45H89NO5/c1-5-9-13-17-19-27-35-43(33-25-16-12-8-4)45(49)51-41-31-23-21-29-37-46(38-39-47)36-28-20-22-30-40-50-44(48)42(32-24-15-11-7-3)34-26-18-14-10-6-2/h42-43,47H,5-41H2,1-4H3. The monoisotopic (exact) mass is 724 g/mol. The summed E-state index contributed by atoms with van der Waals surface area (Å²) in [5.41, 5.74) is 0. The largest absolute Gasteiger partial charge is 0.465 e. The van der Waals surface area contributed by atoms with Crippen LogP contribution in [0.4, 0.5) is 0 Å². The van der Waals surface area contributed by atoms with Crippen molar-refractivity contribution in [2.45, 2.75) is 227 Å². The molecule has 0 aliphatic carbocycles. The van der Waals surface area contributed by atoms with Gasteiger partial charge in [0.1, 0.15) is 0 Å². The number of nitrogens with zero attached hydrogens (tertiary/aromatic N) is 1. The highest BCUT2D eigenvalue weighted by Gasteiger charge is 2.20. The third-order valence-electron chi connectivity index (χ3n) is 10.7. The molecule has 0 radical (unpaired) electrons. The van der Waals surface area contributed by atoms with Crippen LogP contribution in [0.25, 0.3) is 0 Å². The van der Waals surface area contributed by atoms with Crippen molar-refractivity contribution < 1.29 is 24.2 Å². The van der Waals surface area contributed by atoms with Gasteiger partial charge in [0.2, 0.25) is 0 Å². The minimum Gasteiger partial charge on any atom is -0.465 e. The maximum absolute atomic E-state index is 12.9. The van der Waals surface area contributed by atoms with Crippen LogP contribution in [-0.2, 0) is 19.1 Å². The van der Waals surface area contributed by atoms with Crippen molar-refractivity contribution in [3.05, 3.63) is 0 Å². The van der Waals surface area contributed by atoms with Gasteiger partial charge in [0.05, 0.1) is 31.7 Å². The van der Waals surface area contributed by atoms with Crippen molar-refractivity contribution in [1.29, 1.82) is 0 Å². The maximum Gasteiger partial charge on any atom is 0.308 e. The molecule has 0 heterocycles. The number of hydrogen-bond donors (Lipinski definition) is 1. The molecule has 2 atom stereocenters. The Morgan fingerprint density at radius 1 is 0.412 bits per heavy atom. The Kier molecular flexibility index (Phi) is 39.2. The number of hydrogen-bond acceptors (Lipinski definition) is 6. The molecule has 0 amide bonds. The summed E-state index contributed by atoms with van der Waals surface area (Å²) in [4.78, 5) is 28.2. The van der Waals surface area contributed by atoms with Gasteiger partial charge in [-0.25, -0.2) is 0 Å². The van der Waals surface area contributed by atoms with Crippen LogP contribution in [0.2, 0.25) is 0 Å². The van der Waals surface area contributed by atoms with Crippen LogP contribution >= 0.6 is 0 Å². The molecule has 51 heavy (non-hydrogen) atoms. The molecule has 0 aromatic rings. The van der Waals surface area contributed by atoms with Crippen molar-refractivity contribution in [2.75, 3.05) is 39.5 Å². The summed E-state index contributed by atoms with van der Waals surface area (Å²) < 4.78 is 11.5. The summed E-state index contributed by atoms with van der Waals surface area (Å²) in [5.74, 6) is 0.257. The van der Waals surface area contributed by atoms with Crippen LogP contribution in [-0.4, -0.2) is 61.4 Å². The van der Waals surface area contributed by atoms with E-state index in [2.05, 4.69) is 32.6 Å². The first-order valence-corrected chi connectivity index (χ1v) is 22.7.